The van der Waals surface area contributed by atoms with Crippen LogP contribution in [0.1, 0.15) is 27.0 Å². The smallest absolute Gasteiger partial charge is 0.221 e. The van der Waals surface area contributed by atoms with Crippen LogP contribution in [-0.4, -0.2) is 11.7 Å². The molecule has 0 aromatic heterocycles. The number of carbonyl (C=O) groups excluding carboxylic acids is 2. The Balaban J connectivity index is 2.08. The van der Waals surface area contributed by atoms with E-state index in [9.17, 15) is 9.59 Å². The Hall–Kier alpha value is -2.62. The van der Waals surface area contributed by atoms with E-state index < -0.39 is 5.91 Å². The first-order valence-corrected chi connectivity index (χ1v) is 6.32. The SMILES string of the molecule is NC(=O)Cc1ccc2c(c1)C(=O)c1ccccc1CO2. The maximum absolute atomic E-state index is 12.6. The zero-order valence-electron chi connectivity index (χ0n) is 10.8. The minimum atomic E-state index is -0.424. The molecular weight excluding hydrogens is 254 g/mol. The Bertz CT molecular complexity index is 707. The zero-order valence-corrected chi connectivity index (χ0v) is 10.8. The van der Waals surface area contributed by atoms with Gasteiger partial charge in [0, 0.05) is 11.1 Å². The molecule has 0 radical (unpaired) electrons. The van der Waals surface area contributed by atoms with E-state index in [0.29, 0.717) is 29.0 Å². The Morgan fingerprint density at radius 3 is 2.75 bits per heavy atom. The van der Waals surface area contributed by atoms with Crippen molar-refractivity contribution in [3.63, 3.8) is 0 Å². The summed E-state index contributed by atoms with van der Waals surface area (Å²) in [4.78, 5) is 23.6. The molecule has 0 spiro atoms. The number of benzene rings is 2. The molecule has 20 heavy (non-hydrogen) atoms. The van der Waals surface area contributed by atoms with E-state index in [1.54, 1.807) is 24.3 Å². The van der Waals surface area contributed by atoms with Crippen molar-refractivity contribution in [2.75, 3.05) is 0 Å². The normalized spacial score (nSPS) is 12.9. The second-order valence-corrected chi connectivity index (χ2v) is 4.75. The third kappa shape index (κ3) is 2.16. The third-order valence-electron chi connectivity index (χ3n) is 3.31. The van der Waals surface area contributed by atoms with E-state index in [0.717, 1.165) is 5.56 Å². The summed E-state index contributed by atoms with van der Waals surface area (Å²) in [5, 5.41) is 0. The van der Waals surface area contributed by atoms with Crippen molar-refractivity contribution >= 4 is 11.7 Å². The van der Waals surface area contributed by atoms with E-state index in [2.05, 4.69) is 0 Å². The van der Waals surface area contributed by atoms with Gasteiger partial charge in [0.25, 0.3) is 0 Å². The average Bonchev–Trinajstić information content (AvgIpc) is 2.57. The van der Waals surface area contributed by atoms with E-state index in [1.165, 1.54) is 0 Å². The standard InChI is InChI=1S/C16H13NO3/c17-15(18)8-10-5-6-14-13(7-10)16(19)12-4-2-1-3-11(12)9-20-14/h1-7H,8-9H2,(H2,17,18). The fourth-order valence-corrected chi connectivity index (χ4v) is 2.36. The summed E-state index contributed by atoms with van der Waals surface area (Å²) < 4.78 is 5.67. The van der Waals surface area contributed by atoms with Gasteiger partial charge >= 0.3 is 0 Å². The lowest BCUT2D eigenvalue weighted by Crippen LogP contribution is -2.14. The van der Waals surface area contributed by atoms with Crippen LogP contribution in [0, 0.1) is 0 Å². The molecule has 2 N–H and O–H groups in total. The highest BCUT2D eigenvalue weighted by atomic mass is 16.5. The van der Waals surface area contributed by atoms with Gasteiger partial charge in [0.05, 0.1) is 12.0 Å². The van der Waals surface area contributed by atoms with Crippen molar-refractivity contribution in [3.05, 3.63) is 64.7 Å². The van der Waals surface area contributed by atoms with Crippen molar-refractivity contribution in [2.45, 2.75) is 13.0 Å². The van der Waals surface area contributed by atoms with Crippen LogP contribution in [0.4, 0.5) is 0 Å². The topological polar surface area (TPSA) is 69.4 Å². The summed E-state index contributed by atoms with van der Waals surface area (Å²) in [5.74, 6) is 0.0335. The molecule has 4 heteroatoms. The minimum Gasteiger partial charge on any atom is -0.488 e. The summed E-state index contributed by atoms with van der Waals surface area (Å²) in [6.07, 6.45) is 0.113. The average molecular weight is 267 g/mol. The predicted octanol–water partition coefficient (Wildman–Crippen LogP) is 1.84. The number of ether oxygens (including phenoxy) is 1. The van der Waals surface area contributed by atoms with Crippen molar-refractivity contribution in [1.82, 2.24) is 0 Å². The Morgan fingerprint density at radius 2 is 1.95 bits per heavy atom. The summed E-state index contributed by atoms with van der Waals surface area (Å²) >= 11 is 0. The van der Waals surface area contributed by atoms with Gasteiger partial charge in [0.2, 0.25) is 5.91 Å². The number of ketones is 1. The van der Waals surface area contributed by atoms with Gasteiger partial charge < -0.3 is 10.5 Å². The van der Waals surface area contributed by atoms with E-state index in [-0.39, 0.29) is 12.2 Å². The van der Waals surface area contributed by atoms with Crippen molar-refractivity contribution in [3.8, 4) is 5.75 Å². The number of fused-ring (bicyclic) bond motifs is 2. The molecule has 0 bridgehead atoms. The third-order valence-corrected chi connectivity index (χ3v) is 3.31. The molecule has 0 saturated carbocycles. The second kappa shape index (κ2) is 4.81. The predicted molar refractivity (Wildman–Crippen MR) is 73.5 cm³/mol. The fraction of sp³-hybridized carbons (Fsp3) is 0.125. The van der Waals surface area contributed by atoms with Crippen LogP contribution >= 0.6 is 0 Å². The fourth-order valence-electron chi connectivity index (χ4n) is 2.36. The van der Waals surface area contributed by atoms with Crippen LogP contribution in [0.15, 0.2) is 42.5 Å². The van der Waals surface area contributed by atoms with Crippen LogP contribution in [-0.2, 0) is 17.8 Å². The largest absolute Gasteiger partial charge is 0.488 e. The van der Waals surface area contributed by atoms with E-state index in [4.69, 9.17) is 10.5 Å². The molecule has 1 amide bonds. The van der Waals surface area contributed by atoms with Gasteiger partial charge in [-0.3, -0.25) is 9.59 Å². The second-order valence-electron chi connectivity index (χ2n) is 4.75. The van der Waals surface area contributed by atoms with Crippen LogP contribution in [0.5, 0.6) is 5.75 Å². The van der Waals surface area contributed by atoms with Gasteiger partial charge in [-0.15, -0.1) is 0 Å². The molecular formula is C16H13NO3. The summed E-state index contributed by atoms with van der Waals surface area (Å²) in [6, 6.07) is 12.5. The molecule has 0 saturated heterocycles. The van der Waals surface area contributed by atoms with Crippen molar-refractivity contribution < 1.29 is 14.3 Å². The number of carbonyl (C=O) groups is 2. The van der Waals surface area contributed by atoms with Crippen molar-refractivity contribution in [2.24, 2.45) is 5.73 Å². The molecule has 3 rings (SSSR count). The van der Waals surface area contributed by atoms with Crippen LogP contribution < -0.4 is 10.5 Å². The molecule has 4 nitrogen and oxygen atoms in total. The number of nitrogens with two attached hydrogens (primary N) is 1. The monoisotopic (exact) mass is 267 g/mol. The Morgan fingerprint density at radius 1 is 1.15 bits per heavy atom. The lowest BCUT2D eigenvalue weighted by Gasteiger charge is -2.07. The number of primary amides is 1. The van der Waals surface area contributed by atoms with Gasteiger partial charge in [-0.05, 0) is 17.7 Å². The first-order chi connectivity index (χ1) is 9.65. The molecule has 1 heterocycles. The van der Waals surface area contributed by atoms with Gasteiger partial charge in [-0.2, -0.15) is 0 Å². The first-order valence-electron chi connectivity index (χ1n) is 6.32. The molecule has 0 atom stereocenters. The van der Waals surface area contributed by atoms with Gasteiger partial charge in [0.15, 0.2) is 5.78 Å². The molecule has 2 aromatic rings. The maximum Gasteiger partial charge on any atom is 0.221 e. The lowest BCUT2D eigenvalue weighted by molar-refractivity contribution is -0.117. The molecule has 1 aliphatic rings. The van der Waals surface area contributed by atoms with Crippen molar-refractivity contribution in [1.29, 1.82) is 0 Å². The highest BCUT2D eigenvalue weighted by Crippen LogP contribution is 2.29. The lowest BCUT2D eigenvalue weighted by atomic mass is 9.97. The minimum absolute atomic E-state index is 0.0839. The van der Waals surface area contributed by atoms with Crippen LogP contribution in [0.3, 0.4) is 0 Å². The molecule has 2 aromatic carbocycles. The molecule has 0 unspecified atom stereocenters. The highest BCUT2D eigenvalue weighted by molar-refractivity contribution is 6.12. The molecule has 100 valence electrons. The highest BCUT2D eigenvalue weighted by Gasteiger charge is 2.22. The van der Waals surface area contributed by atoms with Crippen LogP contribution in [0.25, 0.3) is 0 Å². The maximum atomic E-state index is 12.6. The van der Waals surface area contributed by atoms with E-state index in [1.807, 2.05) is 18.2 Å². The van der Waals surface area contributed by atoms with Crippen LogP contribution in [0.2, 0.25) is 0 Å². The molecule has 0 aliphatic carbocycles. The van der Waals surface area contributed by atoms with E-state index >= 15 is 0 Å². The number of rotatable bonds is 2. The Labute approximate surface area is 116 Å². The van der Waals surface area contributed by atoms with Gasteiger partial charge in [-0.25, -0.2) is 0 Å². The summed E-state index contributed by atoms with van der Waals surface area (Å²) in [5.41, 5.74) is 7.89. The number of hydrogen-bond donors (Lipinski definition) is 1. The summed E-state index contributed by atoms with van der Waals surface area (Å²) in [7, 11) is 0. The molecule has 1 aliphatic heterocycles. The quantitative estimate of drug-likeness (QED) is 0.902. The molecule has 0 fully saturated rings. The zero-order chi connectivity index (χ0) is 14.1. The number of hydrogen-bond acceptors (Lipinski definition) is 3. The van der Waals surface area contributed by atoms with Gasteiger partial charge in [-0.1, -0.05) is 30.3 Å². The van der Waals surface area contributed by atoms with Gasteiger partial charge in [0.1, 0.15) is 12.4 Å². The summed E-state index contributed by atoms with van der Waals surface area (Å²) in [6.45, 7) is 0.365. The Kier molecular flexibility index (Phi) is 2.99. The first kappa shape index (κ1) is 12.4. The number of amides is 1.